The maximum Gasteiger partial charge on any atom is 0.416 e. The predicted molar refractivity (Wildman–Crippen MR) is 137 cm³/mol. The van der Waals surface area contributed by atoms with E-state index in [-0.39, 0.29) is 33.1 Å². The highest BCUT2D eigenvalue weighted by Crippen LogP contribution is 2.65. The minimum absolute atomic E-state index is 0.0293. The molecular weight excluding hydrogens is 574 g/mol. The fourth-order valence-electron chi connectivity index (χ4n) is 4.04. The van der Waals surface area contributed by atoms with Crippen LogP contribution in [-0.2, 0) is 11.0 Å². The molecule has 1 saturated carbocycles. The van der Waals surface area contributed by atoms with Gasteiger partial charge in [0.15, 0.2) is 0 Å². The lowest BCUT2D eigenvalue weighted by Gasteiger charge is -2.12. The first-order valence-corrected chi connectivity index (χ1v) is 12.0. The van der Waals surface area contributed by atoms with Gasteiger partial charge in [0.1, 0.15) is 16.0 Å². The molecule has 4 nitrogen and oxygen atoms in total. The number of benzene rings is 3. The number of rotatable bonds is 6. The Bertz CT molecular complexity index is 1460. The maximum absolute atomic E-state index is 13.9. The molecule has 2 N–H and O–H groups in total. The molecule has 38 heavy (non-hydrogen) atoms. The Morgan fingerprint density at radius 3 is 2.32 bits per heavy atom. The Morgan fingerprint density at radius 2 is 1.68 bits per heavy atom. The van der Waals surface area contributed by atoms with E-state index in [9.17, 15) is 31.5 Å². The maximum atomic E-state index is 13.9. The Hall–Kier alpha value is -3.14. The summed E-state index contributed by atoms with van der Waals surface area (Å²) in [4.78, 5) is 25.6. The molecule has 2 atom stereocenters. The van der Waals surface area contributed by atoms with Crippen molar-refractivity contribution in [2.24, 2.45) is 5.92 Å². The van der Waals surface area contributed by atoms with Gasteiger partial charge in [-0.05, 0) is 47.5 Å². The van der Waals surface area contributed by atoms with Crippen molar-refractivity contribution in [3.8, 4) is 0 Å². The van der Waals surface area contributed by atoms with E-state index in [2.05, 4.69) is 17.2 Å². The lowest BCUT2D eigenvalue weighted by Crippen LogP contribution is -2.18. The molecule has 0 spiro atoms. The number of carbonyl (C=O) groups is 2. The molecule has 3 aromatic rings. The van der Waals surface area contributed by atoms with Crippen LogP contribution < -0.4 is 10.6 Å². The zero-order valence-electron chi connectivity index (χ0n) is 19.0. The first-order chi connectivity index (χ1) is 17.7. The number of alkyl halides is 5. The summed E-state index contributed by atoms with van der Waals surface area (Å²) < 4.78 is 65.8. The van der Waals surface area contributed by atoms with Gasteiger partial charge in [-0.15, -0.1) is 23.2 Å². The van der Waals surface area contributed by atoms with E-state index >= 15 is 0 Å². The van der Waals surface area contributed by atoms with E-state index in [0.29, 0.717) is 6.07 Å². The Morgan fingerprint density at radius 1 is 0.974 bits per heavy atom. The number of hydrogen-bond acceptors (Lipinski definition) is 2. The molecule has 0 heterocycles. The van der Waals surface area contributed by atoms with Gasteiger partial charge in [-0.1, -0.05) is 36.4 Å². The van der Waals surface area contributed by atoms with Crippen LogP contribution >= 0.6 is 34.8 Å². The third kappa shape index (κ3) is 5.50. The number of halogens is 8. The second kappa shape index (κ2) is 10.2. The highest BCUT2D eigenvalue weighted by atomic mass is 35.5. The molecule has 0 aromatic heterocycles. The number of hydrogen-bond donors (Lipinski definition) is 2. The molecule has 3 aromatic carbocycles. The molecule has 0 radical (unpaired) electrons. The van der Waals surface area contributed by atoms with Gasteiger partial charge in [0.05, 0.1) is 27.8 Å². The molecule has 4 rings (SSSR count). The minimum Gasteiger partial charge on any atom is -0.326 e. The van der Waals surface area contributed by atoms with E-state index in [1.165, 1.54) is 30.3 Å². The van der Waals surface area contributed by atoms with E-state index in [4.69, 9.17) is 34.8 Å². The molecule has 1 aliphatic rings. The molecule has 0 saturated heterocycles. The van der Waals surface area contributed by atoms with Crippen LogP contribution in [0.5, 0.6) is 0 Å². The number of amides is 2. The minimum atomic E-state index is -4.66. The summed E-state index contributed by atoms with van der Waals surface area (Å²) >= 11 is 18.7. The summed E-state index contributed by atoms with van der Waals surface area (Å²) in [5.74, 6) is -5.44. The van der Waals surface area contributed by atoms with E-state index < -0.39 is 51.4 Å². The quantitative estimate of drug-likeness (QED) is 0.226. The van der Waals surface area contributed by atoms with Crippen LogP contribution in [0.1, 0.15) is 33.0 Å². The SMILES string of the molecule is C=Cc1ccc(C2C(C(=O)Nc3ccc(Cl)c(C(=O)Nc4ccc(F)cc4F)c3)C2(Cl)Cl)cc1C(F)(F)F. The fourth-order valence-corrected chi connectivity index (χ4v) is 5.07. The van der Waals surface area contributed by atoms with Gasteiger partial charge in [-0.3, -0.25) is 9.59 Å². The van der Waals surface area contributed by atoms with Crippen LogP contribution in [-0.4, -0.2) is 16.1 Å². The lowest BCUT2D eigenvalue weighted by atomic mass is 10.00. The fraction of sp³-hybridized carbons (Fsp3) is 0.154. The molecule has 1 aliphatic carbocycles. The van der Waals surface area contributed by atoms with E-state index in [1.807, 2.05) is 0 Å². The Kier molecular flexibility index (Phi) is 7.49. The zero-order chi connectivity index (χ0) is 28.0. The lowest BCUT2D eigenvalue weighted by molar-refractivity contribution is -0.137. The summed E-state index contributed by atoms with van der Waals surface area (Å²) in [5.41, 5.74) is -1.30. The average Bonchev–Trinajstić information content (AvgIpc) is 3.42. The van der Waals surface area contributed by atoms with Crippen molar-refractivity contribution in [2.75, 3.05) is 10.6 Å². The normalized spacial score (nSPS) is 18.0. The van der Waals surface area contributed by atoms with Crippen LogP contribution in [0, 0.1) is 17.6 Å². The van der Waals surface area contributed by atoms with Crippen molar-refractivity contribution in [2.45, 2.75) is 16.4 Å². The van der Waals surface area contributed by atoms with Crippen molar-refractivity contribution < 1.29 is 31.5 Å². The van der Waals surface area contributed by atoms with Crippen LogP contribution in [0.25, 0.3) is 6.08 Å². The smallest absolute Gasteiger partial charge is 0.326 e. The van der Waals surface area contributed by atoms with E-state index in [0.717, 1.165) is 24.3 Å². The van der Waals surface area contributed by atoms with Crippen LogP contribution in [0.2, 0.25) is 5.02 Å². The van der Waals surface area contributed by atoms with Gasteiger partial charge in [-0.25, -0.2) is 8.78 Å². The van der Waals surface area contributed by atoms with Crippen molar-refractivity contribution in [3.05, 3.63) is 100 Å². The largest absolute Gasteiger partial charge is 0.416 e. The Labute approximate surface area is 228 Å². The van der Waals surface area contributed by atoms with Crippen molar-refractivity contribution in [1.82, 2.24) is 0 Å². The van der Waals surface area contributed by atoms with Gasteiger partial charge in [0.2, 0.25) is 5.91 Å². The topological polar surface area (TPSA) is 58.2 Å². The highest BCUT2D eigenvalue weighted by molar-refractivity contribution is 6.53. The number of nitrogens with one attached hydrogen (secondary N) is 2. The number of anilines is 2. The summed E-state index contributed by atoms with van der Waals surface area (Å²) in [7, 11) is 0. The molecule has 198 valence electrons. The summed E-state index contributed by atoms with van der Waals surface area (Å²) in [6.45, 7) is 3.38. The molecule has 2 unspecified atom stereocenters. The first kappa shape index (κ1) is 27.9. The van der Waals surface area contributed by atoms with Gasteiger partial charge in [-0.2, -0.15) is 13.2 Å². The molecule has 1 fully saturated rings. The molecule has 0 aliphatic heterocycles. The highest BCUT2D eigenvalue weighted by Gasteiger charge is 2.67. The second-order valence-corrected chi connectivity index (χ2v) is 10.3. The monoisotopic (exact) mass is 588 g/mol. The standard InChI is InChI=1S/C26H16Cl3F5N2O2/c1-2-12-3-4-13(9-17(12)26(32,33)34)21-22(25(21,28)29)24(38)35-15-6-7-18(27)16(11-15)23(37)36-20-8-5-14(30)10-19(20)31/h2-11,21-22H,1H2,(H,35,38)(H,36,37). The summed E-state index contributed by atoms with van der Waals surface area (Å²) in [6, 6.07) is 9.95. The van der Waals surface area contributed by atoms with Crippen LogP contribution in [0.4, 0.5) is 33.3 Å². The van der Waals surface area contributed by atoms with Gasteiger partial charge < -0.3 is 10.6 Å². The Balaban J connectivity index is 1.54. The molecule has 0 bridgehead atoms. The molecular formula is C26H16Cl3F5N2O2. The number of carbonyl (C=O) groups excluding carboxylic acids is 2. The van der Waals surface area contributed by atoms with Gasteiger partial charge >= 0.3 is 6.18 Å². The third-order valence-corrected chi connectivity index (χ3v) is 7.23. The van der Waals surface area contributed by atoms with E-state index in [1.54, 1.807) is 0 Å². The molecule has 12 heteroatoms. The van der Waals surface area contributed by atoms with Crippen LogP contribution in [0.15, 0.2) is 61.2 Å². The van der Waals surface area contributed by atoms with Gasteiger partial charge in [0.25, 0.3) is 5.91 Å². The zero-order valence-corrected chi connectivity index (χ0v) is 21.2. The van der Waals surface area contributed by atoms with Crippen molar-refractivity contribution in [3.63, 3.8) is 0 Å². The predicted octanol–water partition coefficient (Wildman–Crippen LogP) is 8.06. The summed E-state index contributed by atoms with van der Waals surface area (Å²) in [5, 5.41) is 4.75. The first-order valence-electron chi connectivity index (χ1n) is 10.8. The average molecular weight is 590 g/mol. The molecule has 2 amide bonds. The second-order valence-electron chi connectivity index (χ2n) is 8.44. The summed E-state index contributed by atoms with van der Waals surface area (Å²) in [6.07, 6.45) is -3.60. The van der Waals surface area contributed by atoms with Crippen molar-refractivity contribution in [1.29, 1.82) is 0 Å². The van der Waals surface area contributed by atoms with Crippen molar-refractivity contribution >= 4 is 64.1 Å². The van der Waals surface area contributed by atoms with Gasteiger partial charge in [0, 0.05) is 17.7 Å². The third-order valence-electron chi connectivity index (χ3n) is 5.96. The van der Waals surface area contributed by atoms with Crippen LogP contribution in [0.3, 0.4) is 0 Å².